The van der Waals surface area contributed by atoms with Gasteiger partial charge < -0.3 is 16.4 Å². The van der Waals surface area contributed by atoms with Gasteiger partial charge in [-0.05, 0) is 25.3 Å². The van der Waals surface area contributed by atoms with Gasteiger partial charge in [-0.25, -0.2) is 4.79 Å². The van der Waals surface area contributed by atoms with Crippen molar-refractivity contribution in [2.45, 2.75) is 31.7 Å². The number of carbonyl (C=O) groups excluding carboxylic acids is 1. The number of carbonyl (C=O) groups is 1. The molecule has 2 atom stereocenters. The van der Waals surface area contributed by atoms with E-state index in [2.05, 4.69) is 0 Å². The van der Waals surface area contributed by atoms with Crippen molar-refractivity contribution >= 4 is 6.03 Å². The van der Waals surface area contributed by atoms with E-state index in [-0.39, 0.29) is 12.1 Å². The molecule has 1 fully saturated rings. The summed E-state index contributed by atoms with van der Waals surface area (Å²) in [6.45, 7) is 0.655. The van der Waals surface area contributed by atoms with E-state index in [1.165, 1.54) is 12.8 Å². The van der Waals surface area contributed by atoms with Gasteiger partial charge in [0.1, 0.15) is 0 Å². The van der Waals surface area contributed by atoms with Gasteiger partial charge in [0.25, 0.3) is 0 Å². The number of amides is 2. The zero-order valence-corrected chi connectivity index (χ0v) is 8.20. The monoisotopic (exact) mass is 185 g/mol. The second kappa shape index (κ2) is 4.46. The summed E-state index contributed by atoms with van der Waals surface area (Å²) >= 11 is 0. The summed E-state index contributed by atoms with van der Waals surface area (Å²) in [5, 5.41) is 0. The number of hydrogen-bond acceptors (Lipinski definition) is 2. The van der Waals surface area contributed by atoms with E-state index >= 15 is 0 Å². The minimum atomic E-state index is -0.342. The lowest BCUT2D eigenvalue weighted by atomic mass is 9.84. The Hall–Kier alpha value is -0.770. The Morgan fingerprint density at radius 1 is 1.46 bits per heavy atom. The maximum atomic E-state index is 11.0. The fraction of sp³-hybridized carbons (Fsp3) is 0.889. The minimum Gasteiger partial charge on any atom is -0.351 e. The maximum Gasteiger partial charge on any atom is 0.314 e. The van der Waals surface area contributed by atoms with Gasteiger partial charge in [-0.2, -0.15) is 0 Å². The topological polar surface area (TPSA) is 72.3 Å². The number of nitrogens with two attached hydrogens (primary N) is 2. The summed E-state index contributed by atoms with van der Waals surface area (Å²) in [6, 6.07) is -0.0819. The fourth-order valence-electron chi connectivity index (χ4n) is 2.14. The van der Waals surface area contributed by atoms with E-state index in [0.29, 0.717) is 12.5 Å². The van der Waals surface area contributed by atoms with Crippen LogP contribution in [0, 0.1) is 5.92 Å². The average molecular weight is 185 g/mol. The third kappa shape index (κ3) is 2.34. The van der Waals surface area contributed by atoms with Crippen LogP contribution in [0.5, 0.6) is 0 Å². The molecule has 0 saturated heterocycles. The molecule has 4 N–H and O–H groups in total. The molecule has 76 valence electrons. The molecule has 0 aliphatic heterocycles. The normalized spacial score (nSPS) is 28.5. The number of primary amides is 1. The Balaban J connectivity index is 2.58. The van der Waals surface area contributed by atoms with Crippen molar-refractivity contribution in [1.82, 2.24) is 4.90 Å². The number of hydrogen-bond donors (Lipinski definition) is 2. The Labute approximate surface area is 79.3 Å². The highest BCUT2D eigenvalue weighted by Crippen LogP contribution is 2.26. The third-order valence-electron chi connectivity index (χ3n) is 3.02. The second-order valence-electron chi connectivity index (χ2n) is 3.80. The van der Waals surface area contributed by atoms with Crippen LogP contribution in [0.3, 0.4) is 0 Å². The molecule has 0 aromatic heterocycles. The molecule has 0 radical (unpaired) electrons. The molecule has 0 aromatic rings. The molecule has 13 heavy (non-hydrogen) atoms. The largest absolute Gasteiger partial charge is 0.351 e. The van der Waals surface area contributed by atoms with Crippen LogP contribution >= 0.6 is 0 Å². The molecule has 1 rings (SSSR count). The highest BCUT2D eigenvalue weighted by Gasteiger charge is 2.28. The van der Waals surface area contributed by atoms with Crippen LogP contribution in [0.2, 0.25) is 0 Å². The van der Waals surface area contributed by atoms with E-state index in [1.807, 2.05) is 0 Å². The fourth-order valence-corrected chi connectivity index (χ4v) is 2.14. The first-order valence-electron chi connectivity index (χ1n) is 4.89. The standard InChI is InChI=1S/C9H19N3O/c1-12(9(11)13)8-5-3-2-4-7(8)6-10/h7-8H,2-6,10H2,1H3,(H2,11,13). The lowest BCUT2D eigenvalue weighted by molar-refractivity contribution is 0.147. The van der Waals surface area contributed by atoms with E-state index in [0.717, 1.165) is 12.8 Å². The molecule has 1 aliphatic carbocycles. The Kier molecular flexibility index (Phi) is 3.54. The molecule has 4 nitrogen and oxygen atoms in total. The van der Waals surface area contributed by atoms with Crippen LogP contribution in [-0.2, 0) is 0 Å². The van der Waals surface area contributed by atoms with Gasteiger partial charge in [0, 0.05) is 13.1 Å². The van der Waals surface area contributed by atoms with Crippen molar-refractivity contribution in [2.24, 2.45) is 17.4 Å². The van der Waals surface area contributed by atoms with Gasteiger partial charge in [0.15, 0.2) is 0 Å². The zero-order chi connectivity index (χ0) is 9.84. The first-order valence-corrected chi connectivity index (χ1v) is 4.89. The van der Waals surface area contributed by atoms with Gasteiger partial charge in [0.2, 0.25) is 0 Å². The number of urea groups is 1. The van der Waals surface area contributed by atoms with Crippen LogP contribution in [0.4, 0.5) is 4.79 Å². The summed E-state index contributed by atoms with van der Waals surface area (Å²) < 4.78 is 0. The van der Waals surface area contributed by atoms with Gasteiger partial charge in [0.05, 0.1) is 0 Å². The van der Waals surface area contributed by atoms with E-state index in [1.54, 1.807) is 11.9 Å². The van der Waals surface area contributed by atoms with Gasteiger partial charge in [-0.3, -0.25) is 0 Å². The minimum absolute atomic E-state index is 0.260. The van der Waals surface area contributed by atoms with E-state index in [4.69, 9.17) is 11.5 Å². The van der Waals surface area contributed by atoms with Gasteiger partial charge >= 0.3 is 6.03 Å². The number of nitrogens with zero attached hydrogens (tertiary/aromatic N) is 1. The Morgan fingerprint density at radius 3 is 2.62 bits per heavy atom. The molecule has 2 unspecified atom stereocenters. The van der Waals surface area contributed by atoms with Gasteiger partial charge in [-0.1, -0.05) is 12.8 Å². The summed E-state index contributed by atoms with van der Waals surface area (Å²) in [5.74, 6) is 0.436. The Bertz CT molecular complexity index is 184. The van der Waals surface area contributed by atoms with Crippen LogP contribution in [0.25, 0.3) is 0 Å². The molecule has 0 aromatic carbocycles. The first kappa shape index (κ1) is 10.3. The van der Waals surface area contributed by atoms with Crippen molar-refractivity contribution < 1.29 is 4.79 Å². The van der Waals surface area contributed by atoms with Crippen molar-refractivity contribution in [3.63, 3.8) is 0 Å². The smallest absolute Gasteiger partial charge is 0.314 e. The molecular formula is C9H19N3O. The molecule has 0 spiro atoms. The molecule has 0 heterocycles. The quantitative estimate of drug-likeness (QED) is 0.658. The van der Waals surface area contributed by atoms with Crippen molar-refractivity contribution in [1.29, 1.82) is 0 Å². The summed E-state index contributed by atoms with van der Waals surface area (Å²) in [6.07, 6.45) is 4.57. The highest BCUT2D eigenvalue weighted by molar-refractivity contribution is 5.72. The van der Waals surface area contributed by atoms with Crippen molar-refractivity contribution in [2.75, 3.05) is 13.6 Å². The third-order valence-corrected chi connectivity index (χ3v) is 3.02. The summed E-state index contributed by atoms with van der Waals surface area (Å²) in [4.78, 5) is 12.6. The lowest BCUT2D eigenvalue weighted by Gasteiger charge is -2.36. The van der Waals surface area contributed by atoms with Crippen molar-refractivity contribution in [3.8, 4) is 0 Å². The van der Waals surface area contributed by atoms with E-state index < -0.39 is 0 Å². The van der Waals surface area contributed by atoms with Crippen LogP contribution in [-0.4, -0.2) is 30.6 Å². The average Bonchev–Trinajstić information content (AvgIpc) is 2.16. The second-order valence-corrected chi connectivity index (χ2v) is 3.80. The molecule has 1 aliphatic rings. The highest BCUT2D eigenvalue weighted by atomic mass is 16.2. The van der Waals surface area contributed by atoms with Crippen LogP contribution < -0.4 is 11.5 Å². The summed E-state index contributed by atoms with van der Waals surface area (Å²) in [5.41, 5.74) is 10.9. The number of rotatable bonds is 2. The van der Waals surface area contributed by atoms with Gasteiger partial charge in [-0.15, -0.1) is 0 Å². The predicted molar refractivity (Wildman–Crippen MR) is 52.1 cm³/mol. The van der Waals surface area contributed by atoms with Crippen LogP contribution in [0.1, 0.15) is 25.7 Å². The first-order chi connectivity index (χ1) is 6.16. The van der Waals surface area contributed by atoms with E-state index in [9.17, 15) is 4.79 Å². The molecule has 4 heteroatoms. The molecule has 2 amide bonds. The molecular weight excluding hydrogens is 166 g/mol. The SMILES string of the molecule is CN(C(N)=O)C1CCCCC1CN. The van der Waals surface area contributed by atoms with Crippen molar-refractivity contribution in [3.05, 3.63) is 0 Å². The zero-order valence-electron chi connectivity index (χ0n) is 8.20. The Morgan fingerprint density at radius 2 is 2.08 bits per heavy atom. The molecule has 0 bridgehead atoms. The molecule has 1 saturated carbocycles. The van der Waals surface area contributed by atoms with Crippen LogP contribution in [0.15, 0.2) is 0 Å². The predicted octanol–water partition coefficient (Wildman–Crippen LogP) is 0.514. The lowest BCUT2D eigenvalue weighted by Crippen LogP contribution is -2.47. The maximum absolute atomic E-state index is 11.0. The summed E-state index contributed by atoms with van der Waals surface area (Å²) in [7, 11) is 1.76.